The van der Waals surface area contributed by atoms with Crippen LogP contribution in [0, 0.1) is 0 Å². The Kier molecular flexibility index (Phi) is 4.21. The van der Waals surface area contributed by atoms with E-state index in [9.17, 15) is 4.79 Å². The number of hydrogen-bond acceptors (Lipinski definition) is 2. The van der Waals surface area contributed by atoms with E-state index in [0.29, 0.717) is 5.25 Å². The van der Waals surface area contributed by atoms with Crippen LogP contribution in [0.2, 0.25) is 0 Å². The van der Waals surface area contributed by atoms with Crippen molar-refractivity contribution < 1.29 is 9.90 Å². The van der Waals surface area contributed by atoms with Gasteiger partial charge < -0.3 is 5.11 Å². The van der Waals surface area contributed by atoms with Gasteiger partial charge in [0.2, 0.25) is 0 Å². The number of carboxylic acid groups (broad SMARTS) is 1. The van der Waals surface area contributed by atoms with Gasteiger partial charge in [0.1, 0.15) is 0 Å². The summed E-state index contributed by atoms with van der Waals surface area (Å²) in [7, 11) is 0. The molecule has 82 valence electrons. The van der Waals surface area contributed by atoms with Crippen molar-refractivity contribution in [2.45, 2.75) is 36.8 Å². The zero-order valence-electron chi connectivity index (χ0n) is 9.23. The minimum Gasteiger partial charge on any atom is -0.481 e. The molecule has 15 heavy (non-hydrogen) atoms. The molecular formula is C12H16O2S. The summed E-state index contributed by atoms with van der Waals surface area (Å²) >= 11 is 1.78. The second-order valence-corrected chi connectivity index (χ2v) is 5.45. The van der Waals surface area contributed by atoms with Crippen LogP contribution in [-0.2, 0) is 4.79 Å². The Morgan fingerprint density at radius 3 is 2.13 bits per heavy atom. The van der Waals surface area contributed by atoms with E-state index in [1.54, 1.807) is 18.7 Å². The van der Waals surface area contributed by atoms with Crippen LogP contribution in [0.3, 0.4) is 0 Å². The molecule has 1 aromatic carbocycles. The molecule has 0 heterocycles. The summed E-state index contributed by atoms with van der Waals surface area (Å²) in [6.45, 7) is 5.98. The van der Waals surface area contributed by atoms with Crippen molar-refractivity contribution in [2.75, 3.05) is 0 Å². The number of carbonyl (C=O) groups is 1. The van der Waals surface area contributed by atoms with Crippen molar-refractivity contribution in [2.24, 2.45) is 0 Å². The van der Waals surface area contributed by atoms with E-state index < -0.39 is 11.9 Å². The highest BCUT2D eigenvalue weighted by Crippen LogP contribution is 2.25. The lowest BCUT2D eigenvalue weighted by atomic mass is 10.0. The van der Waals surface area contributed by atoms with E-state index in [-0.39, 0.29) is 0 Å². The maximum Gasteiger partial charge on any atom is 0.310 e. The summed E-state index contributed by atoms with van der Waals surface area (Å²) < 4.78 is 0. The van der Waals surface area contributed by atoms with Crippen LogP contribution < -0.4 is 0 Å². The van der Waals surface area contributed by atoms with Crippen molar-refractivity contribution in [3.8, 4) is 0 Å². The molecule has 2 nitrogen and oxygen atoms in total. The maximum atomic E-state index is 10.8. The van der Waals surface area contributed by atoms with E-state index in [2.05, 4.69) is 13.8 Å². The molecule has 0 unspecified atom stereocenters. The molecule has 0 saturated heterocycles. The number of thioether (sulfide) groups is 1. The van der Waals surface area contributed by atoms with Crippen LogP contribution in [-0.4, -0.2) is 16.3 Å². The van der Waals surface area contributed by atoms with Gasteiger partial charge in [0, 0.05) is 10.1 Å². The summed E-state index contributed by atoms with van der Waals surface area (Å²) in [5.41, 5.74) is 0.857. The molecular weight excluding hydrogens is 208 g/mol. The highest BCUT2D eigenvalue weighted by molar-refractivity contribution is 7.99. The maximum absolute atomic E-state index is 10.8. The molecule has 0 amide bonds. The number of rotatable bonds is 4. The van der Waals surface area contributed by atoms with Crippen LogP contribution >= 0.6 is 11.8 Å². The first kappa shape index (κ1) is 12.1. The number of benzene rings is 1. The van der Waals surface area contributed by atoms with Crippen LogP contribution in [0.1, 0.15) is 32.3 Å². The van der Waals surface area contributed by atoms with E-state index >= 15 is 0 Å². The summed E-state index contributed by atoms with van der Waals surface area (Å²) in [6, 6.07) is 7.76. The van der Waals surface area contributed by atoms with Crippen LogP contribution in [0.5, 0.6) is 0 Å². The highest BCUT2D eigenvalue weighted by Gasteiger charge is 2.12. The Hall–Kier alpha value is -0.960. The molecule has 1 rings (SSSR count). The Balaban J connectivity index is 2.76. The molecule has 0 fully saturated rings. The van der Waals surface area contributed by atoms with Crippen molar-refractivity contribution in [3.63, 3.8) is 0 Å². The molecule has 0 bridgehead atoms. The lowest BCUT2D eigenvalue weighted by Crippen LogP contribution is -2.06. The first-order valence-corrected chi connectivity index (χ1v) is 5.88. The average Bonchev–Trinajstić information content (AvgIpc) is 2.17. The van der Waals surface area contributed by atoms with Gasteiger partial charge in [0.05, 0.1) is 5.92 Å². The number of carboxylic acids is 1. The summed E-state index contributed by atoms with van der Waals surface area (Å²) in [5.74, 6) is -1.21. The Bertz CT molecular complexity index is 330. The summed E-state index contributed by atoms with van der Waals surface area (Å²) in [4.78, 5) is 11.9. The third kappa shape index (κ3) is 3.59. The fraction of sp³-hybridized carbons (Fsp3) is 0.417. The lowest BCUT2D eigenvalue weighted by molar-refractivity contribution is -0.138. The molecule has 3 heteroatoms. The fourth-order valence-corrected chi connectivity index (χ4v) is 2.09. The normalized spacial score (nSPS) is 12.8. The summed E-state index contributed by atoms with van der Waals surface area (Å²) in [6.07, 6.45) is 0. The van der Waals surface area contributed by atoms with Gasteiger partial charge in [-0.3, -0.25) is 4.79 Å². The van der Waals surface area contributed by atoms with Gasteiger partial charge in [-0.25, -0.2) is 0 Å². The predicted molar refractivity (Wildman–Crippen MR) is 63.5 cm³/mol. The largest absolute Gasteiger partial charge is 0.481 e. The molecule has 1 N–H and O–H groups in total. The van der Waals surface area contributed by atoms with Crippen molar-refractivity contribution in [1.29, 1.82) is 0 Å². The zero-order chi connectivity index (χ0) is 11.4. The molecule has 1 aromatic rings. The van der Waals surface area contributed by atoms with E-state index in [1.165, 1.54) is 4.90 Å². The van der Waals surface area contributed by atoms with Crippen molar-refractivity contribution in [1.82, 2.24) is 0 Å². The zero-order valence-corrected chi connectivity index (χ0v) is 10.0. The third-order valence-corrected chi connectivity index (χ3v) is 3.14. The molecule has 0 aliphatic rings. The average molecular weight is 224 g/mol. The molecule has 0 aliphatic carbocycles. The SMILES string of the molecule is CC(C)Sc1ccc([C@H](C)C(=O)O)cc1. The monoisotopic (exact) mass is 224 g/mol. The van der Waals surface area contributed by atoms with Crippen molar-refractivity contribution >= 4 is 17.7 Å². The summed E-state index contributed by atoms with van der Waals surface area (Å²) in [5, 5.41) is 9.39. The second kappa shape index (κ2) is 5.21. The van der Waals surface area contributed by atoms with Gasteiger partial charge in [0.25, 0.3) is 0 Å². The highest BCUT2D eigenvalue weighted by atomic mass is 32.2. The van der Waals surface area contributed by atoms with Gasteiger partial charge in [-0.15, -0.1) is 11.8 Å². The Morgan fingerprint density at radius 1 is 1.20 bits per heavy atom. The third-order valence-electron chi connectivity index (χ3n) is 2.12. The Labute approximate surface area is 94.7 Å². The van der Waals surface area contributed by atoms with E-state index in [0.717, 1.165) is 5.56 Å². The first-order valence-electron chi connectivity index (χ1n) is 5.00. The molecule has 0 saturated carbocycles. The van der Waals surface area contributed by atoms with Gasteiger partial charge >= 0.3 is 5.97 Å². The van der Waals surface area contributed by atoms with Crippen molar-refractivity contribution in [3.05, 3.63) is 29.8 Å². The fourth-order valence-electron chi connectivity index (χ4n) is 1.25. The topological polar surface area (TPSA) is 37.3 Å². The molecule has 1 atom stereocenters. The molecule has 0 aliphatic heterocycles. The van der Waals surface area contributed by atoms with Gasteiger partial charge in [-0.1, -0.05) is 26.0 Å². The minimum atomic E-state index is -0.778. The number of aliphatic carboxylic acids is 1. The second-order valence-electron chi connectivity index (χ2n) is 3.80. The van der Waals surface area contributed by atoms with E-state index in [4.69, 9.17) is 5.11 Å². The molecule has 0 aromatic heterocycles. The van der Waals surface area contributed by atoms with Gasteiger partial charge in [-0.05, 0) is 24.6 Å². The van der Waals surface area contributed by atoms with Crippen LogP contribution in [0.25, 0.3) is 0 Å². The minimum absolute atomic E-state index is 0.428. The molecule has 0 radical (unpaired) electrons. The predicted octanol–water partition coefficient (Wildman–Crippen LogP) is 3.38. The standard InChI is InChI=1S/C12H16O2S/c1-8(2)15-11-6-4-10(5-7-11)9(3)12(13)14/h4-9H,1-3H3,(H,13,14)/t9-/m0/s1. The van der Waals surface area contributed by atoms with Crippen LogP contribution in [0.4, 0.5) is 0 Å². The van der Waals surface area contributed by atoms with Crippen LogP contribution in [0.15, 0.2) is 29.2 Å². The van der Waals surface area contributed by atoms with Gasteiger partial charge in [-0.2, -0.15) is 0 Å². The number of hydrogen-bond donors (Lipinski definition) is 1. The first-order chi connectivity index (χ1) is 7.00. The quantitative estimate of drug-likeness (QED) is 0.797. The van der Waals surface area contributed by atoms with E-state index in [1.807, 2.05) is 24.3 Å². The smallest absolute Gasteiger partial charge is 0.310 e. The lowest BCUT2D eigenvalue weighted by Gasteiger charge is -2.08. The molecule has 0 spiro atoms. The van der Waals surface area contributed by atoms with Gasteiger partial charge in [0.15, 0.2) is 0 Å². The Morgan fingerprint density at radius 2 is 1.73 bits per heavy atom.